The number of hydrogen-bond acceptors (Lipinski definition) is 1. The largest absolute Gasteiger partial charge is 0.455 e. The molecule has 1 nitrogen and oxygen atoms in total. The minimum Gasteiger partial charge on any atom is -0.455 e. The summed E-state index contributed by atoms with van der Waals surface area (Å²) in [5.74, 6) is 0. The van der Waals surface area contributed by atoms with Gasteiger partial charge in [0.25, 0.3) is 0 Å². The van der Waals surface area contributed by atoms with Crippen molar-refractivity contribution in [2.24, 2.45) is 0 Å². The van der Waals surface area contributed by atoms with Crippen LogP contribution in [0.15, 0.2) is 150 Å². The van der Waals surface area contributed by atoms with Gasteiger partial charge >= 0.3 is 0 Å². The van der Waals surface area contributed by atoms with E-state index in [1.54, 1.807) is 0 Å². The lowest BCUT2D eigenvalue weighted by Crippen LogP contribution is -1.89. The molecule has 9 aromatic rings. The molecule has 190 valence electrons. The molecule has 8 aromatic carbocycles. The maximum Gasteiger partial charge on any atom is 0.143 e. The van der Waals surface area contributed by atoms with Crippen molar-refractivity contribution in [3.63, 3.8) is 0 Å². The third kappa shape index (κ3) is 3.24. The predicted molar refractivity (Wildman–Crippen MR) is 175 cm³/mol. The van der Waals surface area contributed by atoms with Crippen LogP contribution in [-0.4, -0.2) is 0 Å². The van der Waals surface area contributed by atoms with Crippen LogP contribution in [0.2, 0.25) is 0 Å². The van der Waals surface area contributed by atoms with Gasteiger partial charge in [0.2, 0.25) is 0 Å². The topological polar surface area (TPSA) is 13.1 Å². The minimum atomic E-state index is 0.919. The summed E-state index contributed by atoms with van der Waals surface area (Å²) in [7, 11) is 0. The van der Waals surface area contributed by atoms with Crippen molar-refractivity contribution in [3.8, 4) is 22.3 Å². The molecule has 1 aromatic heterocycles. The van der Waals surface area contributed by atoms with Crippen LogP contribution in [0.3, 0.4) is 0 Å². The van der Waals surface area contributed by atoms with Gasteiger partial charge in [0, 0.05) is 16.2 Å². The van der Waals surface area contributed by atoms with Gasteiger partial charge in [-0.2, -0.15) is 0 Å². The second-order valence-electron chi connectivity index (χ2n) is 10.8. The van der Waals surface area contributed by atoms with E-state index in [2.05, 4.69) is 146 Å². The first kappa shape index (κ1) is 22.4. The van der Waals surface area contributed by atoms with Crippen LogP contribution in [0.1, 0.15) is 0 Å². The summed E-state index contributed by atoms with van der Waals surface area (Å²) in [5, 5.41) is 12.2. The average molecular weight is 521 g/mol. The van der Waals surface area contributed by atoms with Gasteiger partial charge in [0.15, 0.2) is 0 Å². The van der Waals surface area contributed by atoms with Crippen LogP contribution in [0.25, 0.3) is 87.3 Å². The van der Waals surface area contributed by atoms with Crippen molar-refractivity contribution in [3.05, 3.63) is 146 Å². The fraction of sp³-hybridized carbons (Fsp3) is 0. The van der Waals surface area contributed by atoms with E-state index >= 15 is 0 Å². The first-order valence-corrected chi connectivity index (χ1v) is 14.1. The van der Waals surface area contributed by atoms with E-state index in [0.29, 0.717) is 0 Å². The van der Waals surface area contributed by atoms with Crippen LogP contribution in [-0.2, 0) is 0 Å². The summed E-state index contributed by atoms with van der Waals surface area (Å²) in [5.41, 5.74) is 6.83. The highest BCUT2D eigenvalue weighted by atomic mass is 16.3. The Labute approximate surface area is 236 Å². The summed E-state index contributed by atoms with van der Waals surface area (Å²) < 4.78 is 6.59. The smallest absolute Gasteiger partial charge is 0.143 e. The Bertz CT molecular complexity index is 2460. The number of furan rings is 1. The van der Waals surface area contributed by atoms with Crippen molar-refractivity contribution in [2.45, 2.75) is 0 Å². The van der Waals surface area contributed by atoms with Crippen LogP contribution < -0.4 is 0 Å². The second-order valence-corrected chi connectivity index (χ2v) is 10.8. The zero-order chi connectivity index (χ0) is 26.9. The van der Waals surface area contributed by atoms with Gasteiger partial charge in [-0.3, -0.25) is 0 Å². The predicted octanol–water partition coefficient (Wildman–Crippen LogP) is 11.5. The summed E-state index contributed by atoms with van der Waals surface area (Å²) in [4.78, 5) is 0. The summed E-state index contributed by atoms with van der Waals surface area (Å²) in [6.07, 6.45) is 0. The van der Waals surface area contributed by atoms with Crippen LogP contribution in [0.4, 0.5) is 0 Å². The standard InChI is InChI=1S/C40H24O/c1-2-10-25(11-3-1)28-16-8-17-31-32(28)22-23-33-36(31)24-27-13-5-6-14-29(27)38(33)34-18-9-19-37-39(34)35-21-20-26-12-4-7-15-30(26)40(35)41-37/h1-24H. The van der Waals surface area contributed by atoms with E-state index in [1.807, 2.05) is 0 Å². The van der Waals surface area contributed by atoms with E-state index < -0.39 is 0 Å². The molecule has 0 N–H and O–H groups in total. The molecule has 9 rings (SSSR count). The maximum absolute atomic E-state index is 6.59. The zero-order valence-corrected chi connectivity index (χ0v) is 22.3. The van der Waals surface area contributed by atoms with Gasteiger partial charge in [0.1, 0.15) is 11.2 Å². The quantitative estimate of drug-likeness (QED) is 0.163. The Balaban J connectivity index is 1.43. The maximum atomic E-state index is 6.59. The van der Waals surface area contributed by atoms with E-state index in [9.17, 15) is 0 Å². The van der Waals surface area contributed by atoms with Crippen LogP contribution >= 0.6 is 0 Å². The molecule has 0 fully saturated rings. The minimum absolute atomic E-state index is 0.919. The van der Waals surface area contributed by atoms with Gasteiger partial charge in [0.05, 0.1) is 0 Å². The Morgan fingerprint density at radius 3 is 1.95 bits per heavy atom. The fourth-order valence-electron chi connectivity index (χ4n) is 6.83. The molecule has 0 aliphatic carbocycles. The van der Waals surface area contributed by atoms with Crippen LogP contribution in [0, 0.1) is 0 Å². The van der Waals surface area contributed by atoms with E-state index in [4.69, 9.17) is 4.42 Å². The molecule has 0 saturated heterocycles. The van der Waals surface area contributed by atoms with Gasteiger partial charge in [-0.15, -0.1) is 0 Å². The van der Waals surface area contributed by atoms with Gasteiger partial charge in [-0.1, -0.05) is 127 Å². The van der Waals surface area contributed by atoms with Gasteiger partial charge in [-0.25, -0.2) is 0 Å². The third-order valence-electron chi connectivity index (χ3n) is 8.64. The van der Waals surface area contributed by atoms with Crippen LogP contribution in [0.5, 0.6) is 0 Å². The number of rotatable bonds is 2. The Hall–Kier alpha value is -5.40. The zero-order valence-electron chi connectivity index (χ0n) is 22.3. The molecule has 0 atom stereocenters. The first-order chi connectivity index (χ1) is 20.3. The van der Waals surface area contributed by atoms with Crippen molar-refractivity contribution in [1.82, 2.24) is 0 Å². The molecule has 0 spiro atoms. The van der Waals surface area contributed by atoms with E-state index in [0.717, 1.165) is 21.9 Å². The van der Waals surface area contributed by atoms with Crippen molar-refractivity contribution >= 4 is 65.0 Å². The lowest BCUT2D eigenvalue weighted by atomic mass is 9.87. The third-order valence-corrected chi connectivity index (χ3v) is 8.64. The Morgan fingerprint density at radius 2 is 1.05 bits per heavy atom. The average Bonchev–Trinajstić information content (AvgIpc) is 3.43. The summed E-state index contributed by atoms with van der Waals surface area (Å²) in [6.45, 7) is 0. The highest BCUT2D eigenvalue weighted by Crippen LogP contribution is 2.45. The second kappa shape index (κ2) is 8.55. The Morgan fingerprint density at radius 1 is 0.366 bits per heavy atom. The molecule has 0 aliphatic rings. The fourth-order valence-corrected chi connectivity index (χ4v) is 6.83. The number of benzene rings is 8. The van der Waals surface area contributed by atoms with Gasteiger partial charge < -0.3 is 4.42 Å². The molecule has 0 bridgehead atoms. The molecule has 0 unspecified atom stereocenters. The molecule has 41 heavy (non-hydrogen) atoms. The first-order valence-electron chi connectivity index (χ1n) is 14.1. The highest BCUT2D eigenvalue weighted by molar-refractivity contribution is 6.26. The lowest BCUT2D eigenvalue weighted by molar-refractivity contribution is 0.673. The van der Waals surface area contributed by atoms with Crippen molar-refractivity contribution < 1.29 is 4.42 Å². The molecule has 1 heterocycles. The number of hydrogen-bond donors (Lipinski definition) is 0. The van der Waals surface area contributed by atoms with E-state index in [-0.39, 0.29) is 0 Å². The molecule has 0 aliphatic heterocycles. The van der Waals surface area contributed by atoms with Crippen molar-refractivity contribution in [1.29, 1.82) is 0 Å². The molecule has 0 saturated carbocycles. The summed E-state index contributed by atoms with van der Waals surface area (Å²) >= 11 is 0. The normalized spacial score (nSPS) is 11.9. The molecular weight excluding hydrogens is 496 g/mol. The molecule has 0 amide bonds. The SMILES string of the molecule is c1ccc(-c2cccc3c2ccc2c(-c4cccc5oc6c7ccccc7ccc6c45)c4ccccc4cc23)cc1. The Kier molecular flexibility index (Phi) is 4.67. The van der Waals surface area contributed by atoms with Gasteiger partial charge in [-0.05, 0) is 78.2 Å². The lowest BCUT2D eigenvalue weighted by Gasteiger charge is -2.16. The molecular formula is C40H24O. The van der Waals surface area contributed by atoms with E-state index in [1.165, 1.54) is 65.3 Å². The summed E-state index contributed by atoms with van der Waals surface area (Å²) in [6, 6.07) is 52.5. The van der Waals surface area contributed by atoms with Crippen molar-refractivity contribution in [2.75, 3.05) is 0 Å². The monoisotopic (exact) mass is 520 g/mol. The number of fused-ring (bicyclic) bond motifs is 9. The molecule has 1 heteroatoms. The highest BCUT2D eigenvalue weighted by Gasteiger charge is 2.19. The molecule has 0 radical (unpaired) electrons.